The molecule has 0 radical (unpaired) electrons. The molecule has 39 nitrogen and oxygen atoms in total. The van der Waals surface area contributed by atoms with Gasteiger partial charge >= 0.3 is 0 Å². The maximum Gasteiger partial charge on any atom is 0.268 e. The zero-order valence-electron chi connectivity index (χ0n) is 56.3. The summed E-state index contributed by atoms with van der Waals surface area (Å²) in [4.78, 5) is 117. The number of aliphatic hydroxyl groups is 10. The molecule has 0 bridgehead atoms. The second-order valence-electron chi connectivity index (χ2n) is 24.4. The van der Waals surface area contributed by atoms with E-state index in [-0.39, 0.29) is 131 Å². The third-order valence-corrected chi connectivity index (χ3v) is 16.1. The highest BCUT2D eigenvalue weighted by Gasteiger charge is 2.47. The van der Waals surface area contributed by atoms with Crippen LogP contribution in [0.1, 0.15) is 80.1 Å². The number of rotatable bonds is 47. The molecule has 568 valence electrons. The molecule has 3 aliphatic heterocycles. The van der Waals surface area contributed by atoms with Gasteiger partial charge in [-0.2, -0.15) is 0 Å². The average Bonchev–Trinajstić information content (AvgIpc) is 0.825. The summed E-state index contributed by atoms with van der Waals surface area (Å²) in [6.45, 7) is 3.16. The highest BCUT2D eigenvalue weighted by atomic mass is 31.2. The Morgan fingerprint density at radius 1 is 0.520 bits per heavy atom. The third-order valence-electron chi connectivity index (χ3n) is 14.9. The molecule has 3 rings (SSSR count). The van der Waals surface area contributed by atoms with Gasteiger partial charge < -0.3 is 145 Å². The van der Waals surface area contributed by atoms with Crippen molar-refractivity contribution < 1.29 is 146 Å². The highest BCUT2D eigenvalue weighted by Crippen LogP contribution is 2.43. The van der Waals surface area contributed by atoms with Crippen molar-refractivity contribution in [3.63, 3.8) is 0 Å². The van der Waals surface area contributed by atoms with E-state index in [1.54, 1.807) is 0 Å². The maximum absolute atomic E-state index is 13.9. The quantitative estimate of drug-likeness (QED) is 0.0199. The largest absolute Gasteiger partial charge is 0.756 e. The van der Waals surface area contributed by atoms with Crippen LogP contribution >= 0.6 is 7.82 Å². The molecule has 3 fully saturated rings. The first-order valence-corrected chi connectivity index (χ1v) is 33.8. The number of nitrogens with zero attached hydrogens (tertiary/aromatic N) is 2. The minimum Gasteiger partial charge on any atom is -0.756 e. The maximum atomic E-state index is 13.9. The van der Waals surface area contributed by atoms with Crippen molar-refractivity contribution in [3.05, 3.63) is 0 Å². The molecule has 98 heavy (non-hydrogen) atoms. The molecule has 16 unspecified atom stereocenters. The van der Waals surface area contributed by atoms with Crippen LogP contribution in [0, 0.1) is 0 Å². The Hall–Kier alpha value is -4.89. The lowest BCUT2D eigenvalue weighted by atomic mass is 9.90. The lowest BCUT2D eigenvalue weighted by Gasteiger charge is -2.42. The van der Waals surface area contributed by atoms with E-state index in [1.807, 2.05) is 0 Å². The molecule has 3 aliphatic rings. The first kappa shape index (κ1) is 87.3. The smallest absolute Gasteiger partial charge is 0.268 e. The predicted octanol–water partition coefficient (Wildman–Crippen LogP) is -9.46. The summed E-state index contributed by atoms with van der Waals surface area (Å²) in [5, 5.41) is 120. The lowest BCUT2D eigenvalue weighted by molar-refractivity contribution is -0.272. The van der Waals surface area contributed by atoms with Gasteiger partial charge in [-0.1, -0.05) is 0 Å². The van der Waals surface area contributed by atoms with Gasteiger partial charge in [-0.15, -0.1) is 0 Å². The van der Waals surface area contributed by atoms with E-state index in [1.165, 1.54) is 51.3 Å². The van der Waals surface area contributed by atoms with Crippen LogP contribution in [-0.4, -0.2) is 350 Å². The molecule has 0 aliphatic carbocycles. The summed E-state index contributed by atoms with van der Waals surface area (Å²) in [6.07, 6.45) is -17.1. The zero-order chi connectivity index (χ0) is 73.1. The number of aliphatic hydroxyl groups excluding tert-OH is 10. The second-order valence-corrected chi connectivity index (χ2v) is 25.7. The molecule has 17 atom stereocenters. The van der Waals surface area contributed by atoms with E-state index < -0.39 is 198 Å². The van der Waals surface area contributed by atoms with Crippen molar-refractivity contribution >= 4 is 55.1 Å². The van der Waals surface area contributed by atoms with Crippen molar-refractivity contribution in [2.75, 3.05) is 138 Å². The molecular formula is C58H105N9O30P-. The van der Waals surface area contributed by atoms with Gasteiger partial charge in [-0.25, -0.2) is 0 Å². The zero-order valence-corrected chi connectivity index (χ0v) is 57.2. The number of hydrogen-bond acceptors (Lipinski definition) is 31. The molecule has 0 saturated carbocycles. The minimum absolute atomic E-state index is 0.0104. The van der Waals surface area contributed by atoms with Gasteiger partial charge in [0.15, 0.2) is 12.6 Å². The first-order chi connectivity index (χ1) is 46.3. The lowest BCUT2D eigenvalue weighted by Crippen LogP contribution is -2.64. The molecule has 17 N–H and O–H groups in total. The van der Waals surface area contributed by atoms with Crippen LogP contribution in [0.3, 0.4) is 0 Å². The number of phosphoric acid groups is 1. The van der Waals surface area contributed by atoms with E-state index in [4.69, 9.17) is 46.9 Å². The molecule has 8 amide bonds. The number of carbonyl (C=O) groups is 8. The van der Waals surface area contributed by atoms with E-state index in [2.05, 4.69) is 37.2 Å². The fraction of sp³-hybridized carbons (Fsp3) is 0.862. The van der Waals surface area contributed by atoms with E-state index in [0.29, 0.717) is 6.42 Å². The number of nitrogens with one attached hydrogen (secondary N) is 7. The van der Waals surface area contributed by atoms with Gasteiger partial charge in [0.25, 0.3) is 7.82 Å². The summed E-state index contributed by atoms with van der Waals surface area (Å²) < 4.78 is 66.6. The van der Waals surface area contributed by atoms with Crippen LogP contribution in [0.2, 0.25) is 0 Å². The normalized spacial score (nSPS) is 26.7. The van der Waals surface area contributed by atoms with Gasteiger partial charge in [-0.05, 0) is 46.5 Å². The van der Waals surface area contributed by atoms with Crippen molar-refractivity contribution in [3.8, 4) is 0 Å². The van der Waals surface area contributed by atoms with Crippen LogP contribution in [0.5, 0.6) is 0 Å². The van der Waals surface area contributed by atoms with Gasteiger partial charge in [0.1, 0.15) is 67.0 Å². The molecule has 0 aromatic rings. The SMILES string of the molecule is CC(=O)NC1C(CCCOCCNC(=O)CN(CCCN(CC(=O)NCCOCCOC2OC(CO)C(O)C(O)C2NC(C)=O)C(=O)CCCC(=O)NC[C@H](O)COP(=O)([O-])OC(C)(C)C)CC(=O)NCCOCCOC2OC(CO)C(O)C(O)C2NC(C)=O)OC(CO)C(O)C1O. The fourth-order valence-electron chi connectivity index (χ4n) is 10.2. The number of ether oxygens (including phenoxy) is 8. The fourth-order valence-corrected chi connectivity index (χ4v) is 11.3. The molecular weight excluding hydrogens is 1330 g/mol. The Balaban J connectivity index is 1.66. The molecule has 0 aromatic heterocycles. The topological polar surface area (TPSA) is 562 Å². The summed E-state index contributed by atoms with van der Waals surface area (Å²) >= 11 is 0. The van der Waals surface area contributed by atoms with Gasteiger partial charge in [0, 0.05) is 79.5 Å². The Labute approximate surface area is 568 Å². The van der Waals surface area contributed by atoms with Crippen LogP contribution < -0.4 is 42.1 Å². The van der Waals surface area contributed by atoms with Crippen molar-refractivity contribution in [1.29, 1.82) is 0 Å². The Bertz CT molecular complexity index is 2390. The number of amides is 8. The molecule has 3 heterocycles. The van der Waals surface area contributed by atoms with Gasteiger partial charge in [0.05, 0.1) is 116 Å². The van der Waals surface area contributed by atoms with Gasteiger partial charge in [0.2, 0.25) is 47.3 Å². The second kappa shape index (κ2) is 45.9. The number of hydrogen-bond donors (Lipinski definition) is 17. The molecule has 0 spiro atoms. The van der Waals surface area contributed by atoms with Crippen LogP contribution in [-0.2, 0) is 89.9 Å². The van der Waals surface area contributed by atoms with Gasteiger partial charge in [-0.3, -0.25) is 47.8 Å². The first-order valence-electron chi connectivity index (χ1n) is 32.4. The van der Waals surface area contributed by atoms with Crippen molar-refractivity contribution in [1.82, 2.24) is 47.0 Å². The van der Waals surface area contributed by atoms with E-state index in [0.717, 1.165) is 0 Å². The summed E-state index contributed by atoms with van der Waals surface area (Å²) in [5.41, 5.74) is -1.10. The van der Waals surface area contributed by atoms with Crippen molar-refractivity contribution in [2.24, 2.45) is 0 Å². The Morgan fingerprint density at radius 3 is 1.42 bits per heavy atom. The van der Waals surface area contributed by atoms with Crippen molar-refractivity contribution in [2.45, 2.75) is 184 Å². The molecule has 40 heteroatoms. The third kappa shape index (κ3) is 33.7. The van der Waals surface area contributed by atoms with E-state index in [9.17, 15) is 98.9 Å². The average molecular weight is 1440 g/mol. The van der Waals surface area contributed by atoms with Crippen LogP contribution in [0.4, 0.5) is 0 Å². The number of phosphoric ester groups is 1. The highest BCUT2D eigenvalue weighted by molar-refractivity contribution is 7.45. The predicted molar refractivity (Wildman–Crippen MR) is 334 cm³/mol. The monoisotopic (exact) mass is 1440 g/mol. The van der Waals surface area contributed by atoms with E-state index >= 15 is 0 Å². The van der Waals surface area contributed by atoms with Crippen LogP contribution in [0.25, 0.3) is 0 Å². The summed E-state index contributed by atoms with van der Waals surface area (Å²) in [5.74, 6) is -4.50. The number of carbonyl (C=O) groups excluding carboxylic acids is 8. The van der Waals surface area contributed by atoms with Crippen LogP contribution in [0.15, 0.2) is 0 Å². The standard InChI is InChI=1S/C58H106N9O30P/c1-34(71)63-47-38(94-39(30-68)50(80)53(47)83)10-8-18-88-19-13-59-43(76)27-66(28-44(77)60-14-20-89-22-24-91-56-48(64-35(2)72)54(84)51(81)40(31-69)95-56)16-9-17-67(46(79)12-7-11-42(75)62-26-37(74)33-93-98(86,87)97-58(4,5)6)29-45(78)61-15-21-90-23-25-92-57-49(65-36(3)73)55(85)52(82)41(32-70)96-57/h37-41,47-57,68-70,74,80-85H,7-33H2,1-6H3,(H,59,76)(H,60,77)(H,61,78)(H,62,75)(H,63,71)(H,64,72)(H,65,73)(H,86,87)/p-1/t37-,38?,39?,40?,41?,47?,48?,49?,50?,51?,52?,53?,54?,55?,56?,57?/m0/s1. The summed E-state index contributed by atoms with van der Waals surface area (Å²) in [7, 11) is -4.79. The molecule has 0 aromatic carbocycles. The summed E-state index contributed by atoms with van der Waals surface area (Å²) in [6, 6.07) is -3.33. The Kier molecular flexibility index (Phi) is 40.9. The molecule has 3 saturated heterocycles. The minimum atomic E-state index is -4.79. The Morgan fingerprint density at radius 2 is 0.959 bits per heavy atom.